The maximum atomic E-state index is 4.50. The highest BCUT2D eigenvalue weighted by molar-refractivity contribution is 7.09. The Morgan fingerprint density at radius 3 is 3.00 bits per heavy atom. The zero-order valence-electron chi connectivity index (χ0n) is 15.5. The van der Waals surface area contributed by atoms with E-state index in [1.807, 2.05) is 7.05 Å². The molecule has 1 unspecified atom stereocenters. The molecule has 24 heavy (non-hydrogen) atoms. The van der Waals surface area contributed by atoms with Crippen molar-refractivity contribution < 1.29 is 0 Å². The van der Waals surface area contributed by atoms with Crippen LogP contribution < -0.4 is 10.6 Å². The second-order valence-corrected chi connectivity index (χ2v) is 7.59. The zero-order valence-corrected chi connectivity index (χ0v) is 16.3. The van der Waals surface area contributed by atoms with E-state index < -0.39 is 0 Å². The molecule has 0 aromatic carbocycles. The minimum Gasteiger partial charge on any atom is -0.356 e. The fourth-order valence-corrected chi connectivity index (χ4v) is 3.86. The topological polar surface area (TPSA) is 52.5 Å². The fraction of sp³-hybridized carbons (Fsp3) is 0.778. The largest absolute Gasteiger partial charge is 0.356 e. The molecule has 1 atom stereocenters. The molecule has 2 heterocycles. The molecule has 1 aromatic heterocycles. The molecule has 2 N–H and O–H groups in total. The van der Waals surface area contributed by atoms with Crippen molar-refractivity contribution in [1.82, 2.24) is 20.5 Å². The van der Waals surface area contributed by atoms with Crippen molar-refractivity contribution in [2.45, 2.75) is 58.4 Å². The number of likely N-dealkylation sites (tertiary alicyclic amines) is 1. The van der Waals surface area contributed by atoms with E-state index in [0.717, 1.165) is 30.5 Å². The van der Waals surface area contributed by atoms with Gasteiger partial charge in [0.05, 0.1) is 10.7 Å². The minimum atomic E-state index is 0.644. The number of nitrogens with one attached hydrogen (secondary N) is 2. The molecule has 0 amide bonds. The number of aryl methyl sites for hydroxylation is 1. The van der Waals surface area contributed by atoms with Crippen LogP contribution in [0.4, 0.5) is 0 Å². The number of rotatable bonds is 8. The number of aromatic nitrogens is 1. The van der Waals surface area contributed by atoms with Gasteiger partial charge in [-0.1, -0.05) is 19.8 Å². The first-order chi connectivity index (χ1) is 11.7. The smallest absolute Gasteiger partial charge is 0.191 e. The lowest BCUT2D eigenvalue weighted by molar-refractivity contribution is 0.147. The lowest BCUT2D eigenvalue weighted by Crippen LogP contribution is -2.49. The monoisotopic (exact) mass is 351 g/mol. The van der Waals surface area contributed by atoms with Crippen molar-refractivity contribution in [3.8, 4) is 0 Å². The van der Waals surface area contributed by atoms with Crippen LogP contribution in [0.5, 0.6) is 0 Å². The summed E-state index contributed by atoms with van der Waals surface area (Å²) < 4.78 is 0. The van der Waals surface area contributed by atoms with Crippen LogP contribution >= 0.6 is 11.3 Å². The normalized spacial score (nSPS) is 19.5. The molecule has 0 aliphatic carbocycles. The Hall–Kier alpha value is -1.14. The van der Waals surface area contributed by atoms with Crippen LogP contribution in [0.3, 0.4) is 0 Å². The van der Waals surface area contributed by atoms with Crippen LogP contribution in [-0.2, 0) is 6.42 Å². The summed E-state index contributed by atoms with van der Waals surface area (Å²) in [5, 5.41) is 10.2. The van der Waals surface area contributed by atoms with Gasteiger partial charge in [-0.05, 0) is 39.3 Å². The average molecular weight is 352 g/mol. The Kier molecular flexibility index (Phi) is 8.53. The summed E-state index contributed by atoms with van der Waals surface area (Å²) >= 11 is 1.71. The van der Waals surface area contributed by atoms with Gasteiger partial charge in [0.2, 0.25) is 0 Å². The van der Waals surface area contributed by atoms with Crippen molar-refractivity contribution >= 4 is 17.3 Å². The second kappa shape index (κ2) is 10.7. The number of nitrogens with zero attached hydrogens (tertiary/aromatic N) is 3. The lowest BCUT2D eigenvalue weighted by atomic mass is 10.0. The predicted molar refractivity (Wildman–Crippen MR) is 104 cm³/mol. The van der Waals surface area contributed by atoms with E-state index in [1.54, 1.807) is 11.3 Å². The van der Waals surface area contributed by atoms with E-state index in [9.17, 15) is 0 Å². The van der Waals surface area contributed by atoms with Crippen LogP contribution in [0, 0.1) is 6.92 Å². The number of hydrogen-bond acceptors (Lipinski definition) is 4. The van der Waals surface area contributed by atoms with E-state index >= 15 is 0 Å². The molecule has 2 rings (SSSR count). The summed E-state index contributed by atoms with van der Waals surface area (Å²) in [5.74, 6) is 0.906. The first-order valence-corrected chi connectivity index (χ1v) is 10.2. The van der Waals surface area contributed by atoms with Crippen molar-refractivity contribution in [3.05, 3.63) is 16.1 Å². The molecule has 0 bridgehead atoms. The third kappa shape index (κ3) is 6.40. The number of piperidine rings is 1. The summed E-state index contributed by atoms with van der Waals surface area (Å²) in [4.78, 5) is 11.5. The third-order valence-electron chi connectivity index (χ3n) is 4.62. The Bertz CT molecular complexity index is 499. The molecule has 6 heteroatoms. The van der Waals surface area contributed by atoms with Gasteiger partial charge in [-0.3, -0.25) is 9.89 Å². The quantitative estimate of drug-likeness (QED) is 0.559. The van der Waals surface area contributed by atoms with Crippen LogP contribution in [0.15, 0.2) is 10.4 Å². The molecule has 1 saturated heterocycles. The van der Waals surface area contributed by atoms with Crippen LogP contribution in [0.1, 0.15) is 49.7 Å². The van der Waals surface area contributed by atoms with Crippen molar-refractivity contribution in [3.63, 3.8) is 0 Å². The summed E-state index contributed by atoms with van der Waals surface area (Å²) in [5.41, 5.74) is 1.17. The van der Waals surface area contributed by atoms with Gasteiger partial charge in [0.1, 0.15) is 0 Å². The van der Waals surface area contributed by atoms with Gasteiger partial charge in [0.15, 0.2) is 5.96 Å². The highest BCUT2D eigenvalue weighted by atomic mass is 32.1. The maximum absolute atomic E-state index is 4.50. The van der Waals surface area contributed by atoms with Gasteiger partial charge in [0, 0.05) is 38.0 Å². The Balaban J connectivity index is 1.71. The number of hydrogen-bond donors (Lipinski definition) is 2. The molecular formula is C18H33N5S. The number of thiazole rings is 1. The highest BCUT2D eigenvalue weighted by Crippen LogP contribution is 2.17. The van der Waals surface area contributed by atoms with Gasteiger partial charge in [-0.15, -0.1) is 11.3 Å². The molecule has 1 fully saturated rings. The first kappa shape index (κ1) is 19.2. The fourth-order valence-electron chi connectivity index (χ4n) is 3.21. The Morgan fingerprint density at radius 1 is 1.42 bits per heavy atom. The number of guanidine groups is 1. The highest BCUT2D eigenvalue weighted by Gasteiger charge is 2.21. The summed E-state index contributed by atoms with van der Waals surface area (Å²) in [7, 11) is 1.85. The van der Waals surface area contributed by atoms with Crippen molar-refractivity contribution in [2.24, 2.45) is 4.99 Å². The number of unbranched alkanes of at least 4 members (excludes halogenated alkanes) is 1. The molecule has 0 spiro atoms. The standard InChI is InChI=1S/C18H33N5S/c1-4-5-11-23-12-7-6-8-17(23)13-21-18(19-3)20-10-9-16-14-24-15(2)22-16/h14,17H,4-13H2,1-3H3,(H2,19,20,21). The van der Waals surface area contributed by atoms with E-state index in [4.69, 9.17) is 0 Å². The Morgan fingerprint density at radius 2 is 2.29 bits per heavy atom. The molecule has 5 nitrogen and oxygen atoms in total. The molecule has 1 aromatic rings. The van der Waals surface area contributed by atoms with Gasteiger partial charge < -0.3 is 10.6 Å². The molecule has 136 valence electrons. The number of aliphatic imine (C=N–C) groups is 1. The van der Waals surface area contributed by atoms with Gasteiger partial charge in [-0.2, -0.15) is 0 Å². The SMILES string of the molecule is CCCCN1CCCCC1CNC(=NC)NCCc1csc(C)n1. The van der Waals surface area contributed by atoms with Crippen LogP contribution in [-0.4, -0.2) is 55.1 Å². The molecule has 1 aliphatic heterocycles. The van der Waals surface area contributed by atoms with Crippen molar-refractivity contribution in [2.75, 3.05) is 33.2 Å². The van der Waals surface area contributed by atoms with Crippen LogP contribution in [0.25, 0.3) is 0 Å². The Labute approximate surface area is 151 Å². The first-order valence-electron chi connectivity index (χ1n) is 9.32. The van der Waals surface area contributed by atoms with Gasteiger partial charge in [-0.25, -0.2) is 4.98 Å². The summed E-state index contributed by atoms with van der Waals surface area (Å²) in [6.45, 7) is 8.66. The van der Waals surface area contributed by atoms with E-state index in [-0.39, 0.29) is 0 Å². The molecule has 1 aliphatic rings. The van der Waals surface area contributed by atoms with Gasteiger partial charge >= 0.3 is 0 Å². The average Bonchev–Trinajstić information content (AvgIpc) is 3.02. The summed E-state index contributed by atoms with van der Waals surface area (Å²) in [6.07, 6.45) is 7.51. The zero-order chi connectivity index (χ0) is 17.2. The second-order valence-electron chi connectivity index (χ2n) is 6.53. The molecule has 0 radical (unpaired) electrons. The van der Waals surface area contributed by atoms with Crippen LogP contribution in [0.2, 0.25) is 0 Å². The minimum absolute atomic E-state index is 0.644. The lowest BCUT2D eigenvalue weighted by Gasteiger charge is -2.36. The molecule has 0 saturated carbocycles. The van der Waals surface area contributed by atoms with Crippen molar-refractivity contribution in [1.29, 1.82) is 0 Å². The summed E-state index contributed by atoms with van der Waals surface area (Å²) in [6, 6.07) is 0.644. The van der Waals surface area contributed by atoms with E-state index in [1.165, 1.54) is 50.9 Å². The third-order valence-corrected chi connectivity index (χ3v) is 5.44. The van der Waals surface area contributed by atoms with Gasteiger partial charge in [0.25, 0.3) is 0 Å². The van der Waals surface area contributed by atoms with E-state index in [0.29, 0.717) is 6.04 Å². The molecular weight excluding hydrogens is 318 g/mol. The maximum Gasteiger partial charge on any atom is 0.191 e. The van der Waals surface area contributed by atoms with E-state index in [2.05, 4.69) is 44.7 Å². The predicted octanol–water partition coefficient (Wildman–Crippen LogP) is 2.81.